The van der Waals surface area contributed by atoms with Crippen LogP contribution in [-0.4, -0.2) is 13.1 Å². The van der Waals surface area contributed by atoms with Crippen molar-refractivity contribution in [3.63, 3.8) is 0 Å². The fraction of sp³-hybridized carbons (Fsp3) is 0.0455. The highest BCUT2D eigenvalue weighted by Crippen LogP contribution is 2.38. The van der Waals surface area contributed by atoms with Crippen molar-refractivity contribution in [2.24, 2.45) is 0 Å². The van der Waals surface area contributed by atoms with Crippen LogP contribution in [0.3, 0.4) is 0 Å². The second-order valence-electron chi connectivity index (χ2n) is 6.01. The molecule has 0 atom stereocenters. The van der Waals surface area contributed by atoms with Crippen LogP contribution in [0.15, 0.2) is 71.2 Å². The Bertz CT molecular complexity index is 1170. The Balaban J connectivity index is 1.62. The lowest BCUT2D eigenvalue weighted by molar-refractivity contribution is 0.0739. The molecule has 28 heavy (non-hydrogen) atoms. The van der Waals surface area contributed by atoms with Crippen LogP contribution >= 0.6 is 38.9 Å². The molecule has 0 aliphatic heterocycles. The average molecular weight is 474 g/mol. The number of rotatable bonds is 4. The zero-order chi connectivity index (χ0) is 19.7. The Morgan fingerprint density at radius 3 is 2.50 bits per heavy atom. The van der Waals surface area contributed by atoms with E-state index in [1.807, 2.05) is 60.7 Å². The number of carbonyl (C=O) groups excluding carboxylic acids is 1. The van der Waals surface area contributed by atoms with Gasteiger partial charge >= 0.3 is 5.97 Å². The summed E-state index contributed by atoms with van der Waals surface area (Å²) in [6, 6.07) is 21.1. The molecule has 0 amide bonds. The van der Waals surface area contributed by atoms with E-state index in [1.54, 1.807) is 13.2 Å². The molecule has 0 spiro atoms. The Hall–Kier alpha value is -2.34. The van der Waals surface area contributed by atoms with E-state index in [0.29, 0.717) is 25.9 Å². The predicted molar refractivity (Wildman–Crippen MR) is 118 cm³/mol. The van der Waals surface area contributed by atoms with Crippen LogP contribution in [-0.2, 0) is 0 Å². The van der Waals surface area contributed by atoms with Crippen molar-refractivity contribution in [3.8, 4) is 22.6 Å². The van der Waals surface area contributed by atoms with Crippen LogP contribution in [0.1, 0.15) is 9.67 Å². The van der Waals surface area contributed by atoms with Gasteiger partial charge in [-0.3, -0.25) is 0 Å². The molecule has 1 heterocycles. The molecular weight excluding hydrogens is 460 g/mol. The lowest BCUT2D eigenvalue weighted by Crippen LogP contribution is -2.07. The summed E-state index contributed by atoms with van der Waals surface area (Å²) in [5, 5.41) is 1.15. The number of halogens is 2. The Morgan fingerprint density at radius 1 is 1.00 bits per heavy atom. The van der Waals surface area contributed by atoms with Crippen LogP contribution in [0, 0.1) is 0 Å². The molecule has 3 aromatic carbocycles. The van der Waals surface area contributed by atoms with Gasteiger partial charge in [-0.25, -0.2) is 4.79 Å². The first-order valence-electron chi connectivity index (χ1n) is 8.40. The van der Waals surface area contributed by atoms with Crippen molar-refractivity contribution in [1.29, 1.82) is 0 Å². The Kier molecular flexibility index (Phi) is 5.40. The largest absolute Gasteiger partial charge is 0.497 e. The van der Waals surface area contributed by atoms with Crippen molar-refractivity contribution < 1.29 is 14.3 Å². The SMILES string of the molecule is COc1ccc2sc(C(=O)Oc3ccc(-c4ccccc4)cc3Br)c(Cl)c2c1. The molecular formula is C22H14BrClO3S. The number of benzene rings is 3. The highest BCUT2D eigenvalue weighted by Gasteiger charge is 2.20. The third-order valence-electron chi connectivity index (χ3n) is 4.26. The van der Waals surface area contributed by atoms with E-state index in [2.05, 4.69) is 15.9 Å². The van der Waals surface area contributed by atoms with E-state index < -0.39 is 5.97 Å². The molecule has 0 aliphatic rings. The van der Waals surface area contributed by atoms with Crippen molar-refractivity contribution in [2.75, 3.05) is 7.11 Å². The van der Waals surface area contributed by atoms with Crippen molar-refractivity contribution in [1.82, 2.24) is 0 Å². The molecule has 6 heteroatoms. The summed E-state index contributed by atoms with van der Waals surface area (Å²) in [7, 11) is 1.59. The average Bonchev–Trinajstić information content (AvgIpc) is 3.06. The first-order valence-corrected chi connectivity index (χ1v) is 10.4. The van der Waals surface area contributed by atoms with Crippen molar-refractivity contribution >= 4 is 54.9 Å². The summed E-state index contributed by atoms with van der Waals surface area (Å²) < 4.78 is 12.4. The van der Waals surface area contributed by atoms with Crippen LogP contribution < -0.4 is 9.47 Å². The number of esters is 1. The third-order valence-corrected chi connectivity index (χ3v) is 6.54. The van der Waals surface area contributed by atoms with E-state index in [0.717, 1.165) is 21.2 Å². The first-order chi connectivity index (χ1) is 13.6. The van der Waals surface area contributed by atoms with Gasteiger partial charge in [-0.2, -0.15) is 0 Å². The minimum absolute atomic E-state index is 0.365. The molecule has 0 radical (unpaired) electrons. The van der Waals surface area contributed by atoms with Crippen LogP contribution in [0.25, 0.3) is 21.2 Å². The van der Waals surface area contributed by atoms with Gasteiger partial charge in [0.15, 0.2) is 0 Å². The standard InChI is InChI=1S/C22H14BrClO3S/c1-26-15-8-10-19-16(12-15)20(24)21(28-19)22(25)27-18-9-7-14(11-17(18)23)13-5-3-2-4-6-13/h2-12H,1H3. The molecule has 0 unspecified atom stereocenters. The Labute approximate surface area is 179 Å². The van der Waals surface area contributed by atoms with E-state index in [-0.39, 0.29) is 0 Å². The molecule has 0 saturated heterocycles. The zero-order valence-corrected chi connectivity index (χ0v) is 17.9. The fourth-order valence-corrected chi connectivity index (χ4v) is 4.66. The molecule has 140 valence electrons. The van der Waals surface area contributed by atoms with E-state index in [1.165, 1.54) is 11.3 Å². The molecule has 1 aromatic heterocycles. The number of ether oxygens (including phenoxy) is 2. The second-order valence-corrected chi connectivity index (χ2v) is 8.29. The van der Waals surface area contributed by atoms with Gasteiger partial charge < -0.3 is 9.47 Å². The first kappa shape index (κ1) is 19.0. The van der Waals surface area contributed by atoms with E-state index in [4.69, 9.17) is 21.1 Å². The van der Waals surface area contributed by atoms with Gasteiger partial charge in [0, 0.05) is 10.1 Å². The number of hydrogen-bond donors (Lipinski definition) is 0. The van der Waals surface area contributed by atoms with Crippen LogP contribution in [0.4, 0.5) is 0 Å². The quantitative estimate of drug-likeness (QED) is 0.232. The number of thiophene rings is 1. The van der Waals surface area contributed by atoms with E-state index >= 15 is 0 Å². The van der Waals surface area contributed by atoms with Gasteiger partial charge in [0.1, 0.15) is 16.4 Å². The number of fused-ring (bicyclic) bond motifs is 1. The number of hydrogen-bond acceptors (Lipinski definition) is 4. The van der Waals surface area contributed by atoms with Gasteiger partial charge in [0.2, 0.25) is 0 Å². The molecule has 4 aromatic rings. The maximum Gasteiger partial charge on any atom is 0.355 e. The summed E-state index contributed by atoms with van der Waals surface area (Å²) >= 11 is 11.2. The normalized spacial score (nSPS) is 10.8. The third kappa shape index (κ3) is 3.65. The monoisotopic (exact) mass is 472 g/mol. The highest BCUT2D eigenvalue weighted by atomic mass is 79.9. The summed E-state index contributed by atoms with van der Waals surface area (Å²) in [6.07, 6.45) is 0. The summed E-state index contributed by atoms with van der Waals surface area (Å²) in [5.41, 5.74) is 2.11. The zero-order valence-electron chi connectivity index (χ0n) is 14.7. The minimum atomic E-state index is -0.488. The molecule has 0 aliphatic carbocycles. The molecule has 0 N–H and O–H groups in total. The molecule has 0 fully saturated rings. The molecule has 4 rings (SSSR count). The highest BCUT2D eigenvalue weighted by molar-refractivity contribution is 9.10. The van der Waals surface area contributed by atoms with E-state index in [9.17, 15) is 4.79 Å². The van der Waals surface area contributed by atoms with Gasteiger partial charge in [-0.05, 0) is 57.4 Å². The van der Waals surface area contributed by atoms with Crippen LogP contribution in [0.2, 0.25) is 5.02 Å². The number of carbonyl (C=O) groups is 1. The van der Waals surface area contributed by atoms with Gasteiger partial charge in [0.25, 0.3) is 0 Å². The van der Waals surface area contributed by atoms with Crippen LogP contribution in [0.5, 0.6) is 11.5 Å². The molecule has 3 nitrogen and oxygen atoms in total. The molecule has 0 saturated carbocycles. The van der Waals surface area contributed by atoms with Gasteiger partial charge in [-0.15, -0.1) is 11.3 Å². The van der Waals surface area contributed by atoms with Crippen molar-refractivity contribution in [3.05, 3.63) is 81.1 Å². The molecule has 0 bridgehead atoms. The lowest BCUT2D eigenvalue weighted by Gasteiger charge is -2.08. The number of methoxy groups -OCH3 is 1. The maximum absolute atomic E-state index is 12.7. The fourth-order valence-electron chi connectivity index (χ4n) is 2.84. The van der Waals surface area contributed by atoms with Gasteiger partial charge in [-0.1, -0.05) is 48.0 Å². The Morgan fingerprint density at radius 2 is 1.79 bits per heavy atom. The van der Waals surface area contributed by atoms with Gasteiger partial charge in [0.05, 0.1) is 16.6 Å². The second kappa shape index (κ2) is 7.95. The maximum atomic E-state index is 12.7. The summed E-state index contributed by atoms with van der Waals surface area (Å²) in [4.78, 5) is 13.1. The minimum Gasteiger partial charge on any atom is -0.497 e. The predicted octanol–water partition coefficient (Wildman–Crippen LogP) is 7.21. The lowest BCUT2D eigenvalue weighted by atomic mass is 10.1. The topological polar surface area (TPSA) is 35.5 Å². The smallest absolute Gasteiger partial charge is 0.355 e. The summed E-state index contributed by atoms with van der Waals surface area (Å²) in [5.74, 6) is 0.639. The summed E-state index contributed by atoms with van der Waals surface area (Å²) in [6.45, 7) is 0. The van der Waals surface area contributed by atoms with Crippen molar-refractivity contribution in [2.45, 2.75) is 0 Å².